The van der Waals surface area contributed by atoms with E-state index in [1.807, 2.05) is 48.5 Å². The lowest BCUT2D eigenvalue weighted by atomic mass is 9.98. The smallest absolute Gasteiger partial charge is 0.407 e. The quantitative estimate of drug-likeness (QED) is 0.418. The van der Waals surface area contributed by atoms with Gasteiger partial charge in [-0.25, -0.2) is 14.6 Å². The molecule has 1 aliphatic carbocycles. The molecular weight excluding hydrogens is 424 g/mol. The Kier molecular flexibility index (Phi) is 6.39. The first-order valence-electron chi connectivity index (χ1n) is 10.6. The van der Waals surface area contributed by atoms with E-state index in [2.05, 4.69) is 20.6 Å². The van der Waals surface area contributed by atoms with Crippen molar-refractivity contribution in [3.8, 4) is 11.1 Å². The van der Waals surface area contributed by atoms with Gasteiger partial charge in [-0.05, 0) is 29.2 Å². The van der Waals surface area contributed by atoms with Crippen LogP contribution in [-0.4, -0.2) is 51.7 Å². The Morgan fingerprint density at radius 3 is 2.27 bits per heavy atom. The van der Waals surface area contributed by atoms with E-state index in [0.29, 0.717) is 5.69 Å². The maximum atomic E-state index is 12.4. The summed E-state index contributed by atoms with van der Waals surface area (Å²) in [4.78, 5) is 42.9. The van der Waals surface area contributed by atoms with Crippen LogP contribution in [-0.2, 0) is 20.7 Å². The number of hydrogen-bond donors (Lipinski definition) is 4. The third-order valence-corrected chi connectivity index (χ3v) is 5.66. The van der Waals surface area contributed by atoms with Crippen molar-refractivity contribution in [3.63, 3.8) is 0 Å². The number of aliphatic carboxylic acids is 1. The number of benzene rings is 2. The molecular formula is C24H24N4O5. The molecule has 0 bridgehead atoms. The normalized spacial score (nSPS) is 14.0. The molecule has 1 heterocycles. The molecule has 2 unspecified atom stereocenters. The Hall–Kier alpha value is -4.14. The van der Waals surface area contributed by atoms with Crippen LogP contribution in [0.4, 0.5) is 4.79 Å². The second-order valence-electron chi connectivity index (χ2n) is 7.87. The zero-order valence-corrected chi connectivity index (χ0v) is 17.9. The van der Waals surface area contributed by atoms with Crippen LogP contribution in [0.5, 0.6) is 0 Å². The molecule has 0 aliphatic heterocycles. The van der Waals surface area contributed by atoms with Crippen LogP contribution in [0.1, 0.15) is 29.7 Å². The van der Waals surface area contributed by atoms with E-state index in [-0.39, 0.29) is 18.9 Å². The van der Waals surface area contributed by atoms with Crippen LogP contribution in [0.3, 0.4) is 0 Å². The molecule has 9 heteroatoms. The molecule has 1 aromatic heterocycles. The number of fused-ring (bicyclic) bond motifs is 3. The van der Waals surface area contributed by atoms with E-state index < -0.39 is 30.1 Å². The summed E-state index contributed by atoms with van der Waals surface area (Å²) in [7, 11) is 0. The summed E-state index contributed by atoms with van der Waals surface area (Å²) < 4.78 is 5.44. The van der Waals surface area contributed by atoms with Gasteiger partial charge in [0.25, 0.3) is 0 Å². The highest BCUT2D eigenvalue weighted by Gasteiger charge is 2.30. The monoisotopic (exact) mass is 448 g/mol. The summed E-state index contributed by atoms with van der Waals surface area (Å²) in [6, 6.07) is 13.8. The molecule has 1 aliphatic rings. The Balaban J connectivity index is 1.33. The van der Waals surface area contributed by atoms with Crippen molar-refractivity contribution in [2.24, 2.45) is 0 Å². The molecule has 2 atom stereocenters. The van der Waals surface area contributed by atoms with Crippen molar-refractivity contribution in [1.82, 2.24) is 20.6 Å². The summed E-state index contributed by atoms with van der Waals surface area (Å²) in [6.07, 6.45) is 2.20. The molecule has 33 heavy (non-hydrogen) atoms. The average Bonchev–Trinajstić information content (AvgIpc) is 3.43. The number of nitrogens with one attached hydrogen (secondary N) is 3. The Bertz CT molecular complexity index is 1120. The first-order chi connectivity index (χ1) is 15.9. The molecule has 0 spiro atoms. The Morgan fingerprint density at radius 1 is 1.06 bits per heavy atom. The van der Waals surface area contributed by atoms with Gasteiger partial charge in [0.15, 0.2) is 0 Å². The van der Waals surface area contributed by atoms with Gasteiger partial charge >= 0.3 is 12.1 Å². The SMILES string of the molecule is CC(NC(=O)OCC1c2ccccc2-c2ccccc21)C(=O)NC(Cc1cnc[nH]1)C(=O)O. The highest BCUT2D eigenvalue weighted by molar-refractivity contribution is 5.89. The summed E-state index contributed by atoms with van der Waals surface area (Å²) in [6.45, 7) is 1.58. The van der Waals surface area contributed by atoms with Gasteiger partial charge < -0.3 is 25.5 Å². The molecule has 0 saturated carbocycles. The first kappa shape index (κ1) is 22.1. The fourth-order valence-electron chi connectivity index (χ4n) is 4.00. The van der Waals surface area contributed by atoms with Crippen LogP contribution in [0.15, 0.2) is 61.1 Å². The van der Waals surface area contributed by atoms with E-state index in [1.165, 1.54) is 19.4 Å². The van der Waals surface area contributed by atoms with E-state index in [1.54, 1.807) is 0 Å². The number of rotatable bonds is 8. The molecule has 0 saturated heterocycles. The molecule has 170 valence electrons. The van der Waals surface area contributed by atoms with Gasteiger partial charge in [0.1, 0.15) is 18.7 Å². The van der Waals surface area contributed by atoms with Crippen molar-refractivity contribution in [2.45, 2.75) is 31.3 Å². The van der Waals surface area contributed by atoms with Crippen LogP contribution in [0.25, 0.3) is 11.1 Å². The number of carboxylic acid groups (broad SMARTS) is 1. The minimum absolute atomic E-state index is 0.0404. The lowest BCUT2D eigenvalue weighted by Crippen LogP contribution is -2.51. The molecule has 0 radical (unpaired) electrons. The van der Waals surface area contributed by atoms with Crippen molar-refractivity contribution < 1.29 is 24.2 Å². The Morgan fingerprint density at radius 2 is 1.70 bits per heavy atom. The van der Waals surface area contributed by atoms with Gasteiger partial charge in [0.2, 0.25) is 5.91 Å². The predicted octanol–water partition coefficient (Wildman–Crippen LogP) is 2.45. The van der Waals surface area contributed by atoms with Gasteiger partial charge in [-0.1, -0.05) is 48.5 Å². The molecule has 2 amide bonds. The number of H-pyrrole nitrogens is 1. The fraction of sp³-hybridized carbons (Fsp3) is 0.250. The van der Waals surface area contributed by atoms with Gasteiger partial charge in [-0.3, -0.25) is 4.79 Å². The zero-order valence-electron chi connectivity index (χ0n) is 17.9. The number of aromatic amines is 1. The molecule has 0 fully saturated rings. The zero-order chi connectivity index (χ0) is 23.4. The third-order valence-electron chi connectivity index (χ3n) is 5.66. The predicted molar refractivity (Wildman–Crippen MR) is 120 cm³/mol. The number of carbonyl (C=O) groups is 3. The van der Waals surface area contributed by atoms with E-state index in [0.717, 1.165) is 22.3 Å². The minimum Gasteiger partial charge on any atom is -0.480 e. The second-order valence-corrected chi connectivity index (χ2v) is 7.87. The topological polar surface area (TPSA) is 133 Å². The van der Waals surface area contributed by atoms with E-state index in [4.69, 9.17) is 4.74 Å². The lowest BCUT2D eigenvalue weighted by Gasteiger charge is -2.19. The summed E-state index contributed by atoms with van der Waals surface area (Å²) in [5, 5.41) is 14.3. The van der Waals surface area contributed by atoms with Crippen molar-refractivity contribution >= 4 is 18.0 Å². The lowest BCUT2D eigenvalue weighted by molar-refractivity contribution is -0.142. The number of ether oxygens (including phenoxy) is 1. The molecule has 4 N–H and O–H groups in total. The maximum absolute atomic E-state index is 12.4. The van der Waals surface area contributed by atoms with Crippen LogP contribution < -0.4 is 10.6 Å². The summed E-state index contributed by atoms with van der Waals surface area (Å²) >= 11 is 0. The number of alkyl carbamates (subject to hydrolysis) is 1. The van der Waals surface area contributed by atoms with Crippen LogP contribution >= 0.6 is 0 Å². The van der Waals surface area contributed by atoms with Gasteiger partial charge in [-0.15, -0.1) is 0 Å². The summed E-state index contributed by atoms with van der Waals surface area (Å²) in [5.41, 5.74) is 4.97. The largest absolute Gasteiger partial charge is 0.480 e. The van der Waals surface area contributed by atoms with Crippen molar-refractivity contribution in [1.29, 1.82) is 0 Å². The maximum Gasteiger partial charge on any atom is 0.407 e. The summed E-state index contributed by atoms with van der Waals surface area (Å²) in [5.74, 6) is -1.92. The van der Waals surface area contributed by atoms with Gasteiger partial charge in [0.05, 0.1) is 6.33 Å². The van der Waals surface area contributed by atoms with E-state index >= 15 is 0 Å². The van der Waals surface area contributed by atoms with E-state index in [9.17, 15) is 19.5 Å². The number of carboxylic acids is 1. The van der Waals surface area contributed by atoms with Crippen molar-refractivity contribution in [2.75, 3.05) is 6.61 Å². The van der Waals surface area contributed by atoms with Crippen molar-refractivity contribution in [3.05, 3.63) is 77.9 Å². The highest BCUT2D eigenvalue weighted by Crippen LogP contribution is 2.44. The Labute approximate surface area is 190 Å². The third kappa shape index (κ3) is 4.87. The number of nitrogens with zero attached hydrogens (tertiary/aromatic N) is 1. The van der Waals surface area contributed by atoms with Crippen LogP contribution in [0.2, 0.25) is 0 Å². The molecule has 9 nitrogen and oxygen atoms in total. The average molecular weight is 448 g/mol. The standard InChI is InChI=1S/C24H24N4O5/c1-14(22(29)28-21(23(30)31)10-15-11-25-13-26-15)27-24(32)33-12-20-18-8-4-2-6-16(18)17-7-3-5-9-19(17)20/h2-9,11,13-14,20-21H,10,12H2,1H3,(H,25,26)(H,27,32)(H,28,29)(H,30,31). The second kappa shape index (κ2) is 9.56. The molecule has 3 aromatic rings. The molecule has 2 aromatic carbocycles. The highest BCUT2D eigenvalue weighted by atomic mass is 16.5. The number of imidazole rings is 1. The first-order valence-corrected chi connectivity index (χ1v) is 10.6. The fourth-order valence-corrected chi connectivity index (χ4v) is 4.00. The number of aromatic nitrogens is 2. The number of carbonyl (C=O) groups excluding carboxylic acids is 2. The van der Waals surface area contributed by atoms with Crippen LogP contribution in [0, 0.1) is 0 Å². The minimum atomic E-state index is -1.19. The number of amides is 2. The van der Waals surface area contributed by atoms with Gasteiger partial charge in [0, 0.05) is 24.2 Å². The number of hydrogen-bond acceptors (Lipinski definition) is 5. The van der Waals surface area contributed by atoms with Gasteiger partial charge in [-0.2, -0.15) is 0 Å². The molecule has 4 rings (SSSR count).